The SMILES string of the molecule is COc1nccc(N(C)c2ccc(C)c(-c3cn(Cc4nn5c(c4C(=O)N4CCC(c6ncc(-c7ccc(F)c(F)c7)[nH]6)CC4)CCC5)nn3)c2)n1. The number of H-pyrrole nitrogens is 1. The van der Waals surface area contributed by atoms with Gasteiger partial charge in [-0.05, 0) is 74.6 Å². The van der Waals surface area contributed by atoms with Crippen molar-refractivity contribution in [2.75, 3.05) is 32.1 Å². The molecule has 52 heavy (non-hydrogen) atoms. The van der Waals surface area contributed by atoms with Gasteiger partial charge in [-0.2, -0.15) is 10.1 Å². The monoisotopic (exact) mass is 705 g/mol. The summed E-state index contributed by atoms with van der Waals surface area (Å²) in [5, 5.41) is 13.8. The van der Waals surface area contributed by atoms with Gasteiger partial charge in [0.1, 0.15) is 17.3 Å². The minimum atomic E-state index is -0.902. The summed E-state index contributed by atoms with van der Waals surface area (Å²) in [6.07, 6.45) is 8.38. The highest BCUT2D eigenvalue weighted by atomic mass is 19.2. The van der Waals surface area contributed by atoms with E-state index in [4.69, 9.17) is 9.84 Å². The summed E-state index contributed by atoms with van der Waals surface area (Å²) in [5.41, 5.74) is 7.06. The van der Waals surface area contributed by atoms with Crippen molar-refractivity contribution in [3.8, 4) is 28.5 Å². The van der Waals surface area contributed by atoms with Crippen molar-refractivity contribution in [3.05, 3.63) is 101 Å². The Morgan fingerprint density at radius 1 is 1.06 bits per heavy atom. The number of aromatic nitrogens is 9. The summed E-state index contributed by atoms with van der Waals surface area (Å²) in [5.74, 6) is -0.231. The van der Waals surface area contributed by atoms with Gasteiger partial charge in [0.15, 0.2) is 11.6 Å². The van der Waals surface area contributed by atoms with Crippen LogP contribution in [0.5, 0.6) is 6.01 Å². The third-order valence-corrected chi connectivity index (χ3v) is 10.0. The molecule has 266 valence electrons. The molecule has 2 aliphatic rings. The number of nitrogens with one attached hydrogen (secondary N) is 1. The van der Waals surface area contributed by atoms with Crippen LogP contribution < -0.4 is 9.64 Å². The number of ether oxygens (including phenoxy) is 1. The van der Waals surface area contributed by atoms with E-state index in [1.54, 1.807) is 17.1 Å². The number of fused-ring (bicyclic) bond motifs is 1. The molecule has 1 amide bonds. The lowest BCUT2D eigenvalue weighted by Gasteiger charge is -2.31. The molecular weight excluding hydrogens is 668 g/mol. The predicted octanol–water partition coefficient (Wildman–Crippen LogP) is 5.70. The molecule has 6 heterocycles. The lowest BCUT2D eigenvalue weighted by atomic mass is 9.95. The molecule has 0 bridgehead atoms. The Balaban J connectivity index is 0.975. The third-order valence-electron chi connectivity index (χ3n) is 10.0. The molecule has 0 spiro atoms. The molecule has 0 radical (unpaired) electrons. The third kappa shape index (κ3) is 6.26. The molecule has 13 nitrogen and oxygen atoms in total. The van der Waals surface area contributed by atoms with Gasteiger partial charge in [0.2, 0.25) is 0 Å². The van der Waals surface area contributed by atoms with E-state index in [0.717, 1.165) is 72.7 Å². The Kier molecular flexibility index (Phi) is 8.69. The molecule has 0 aliphatic carbocycles. The molecule has 1 saturated heterocycles. The Hall–Kier alpha value is -5.99. The average Bonchev–Trinajstić information content (AvgIpc) is 3.99. The number of imidazole rings is 1. The molecule has 8 rings (SSSR count). The van der Waals surface area contributed by atoms with Crippen molar-refractivity contribution in [2.45, 2.75) is 51.6 Å². The summed E-state index contributed by atoms with van der Waals surface area (Å²) in [4.78, 5) is 34.4. The molecule has 1 fully saturated rings. The number of methoxy groups -OCH3 is 1. The molecule has 0 unspecified atom stereocenters. The molecule has 2 aromatic carbocycles. The minimum Gasteiger partial charge on any atom is -0.467 e. The zero-order chi connectivity index (χ0) is 35.9. The van der Waals surface area contributed by atoms with Crippen LogP contribution in [0.1, 0.15) is 58.3 Å². The van der Waals surface area contributed by atoms with Gasteiger partial charge in [-0.1, -0.05) is 11.3 Å². The van der Waals surface area contributed by atoms with Gasteiger partial charge in [-0.15, -0.1) is 5.10 Å². The van der Waals surface area contributed by atoms with E-state index in [2.05, 4.69) is 30.2 Å². The number of anilines is 2. The number of likely N-dealkylation sites (tertiary alicyclic amines) is 1. The van der Waals surface area contributed by atoms with E-state index < -0.39 is 11.6 Å². The van der Waals surface area contributed by atoms with Crippen molar-refractivity contribution in [1.29, 1.82) is 0 Å². The number of nitrogens with zero attached hydrogens (tertiary/aromatic N) is 10. The van der Waals surface area contributed by atoms with E-state index in [9.17, 15) is 13.6 Å². The molecule has 6 aromatic rings. The van der Waals surface area contributed by atoms with Crippen molar-refractivity contribution < 1.29 is 18.3 Å². The second-order valence-electron chi connectivity index (χ2n) is 13.2. The second kappa shape index (κ2) is 13.6. The lowest BCUT2D eigenvalue weighted by Crippen LogP contribution is -2.38. The number of halogens is 2. The number of hydrogen-bond donors (Lipinski definition) is 1. The Morgan fingerprint density at radius 3 is 2.71 bits per heavy atom. The molecule has 15 heteroatoms. The smallest absolute Gasteiger partial charge is 0.318 e. The fourth-order valence-corrected chi connectivity index (χ4v) is 7.11. The Bertz CT molecular complexity index is 2270. The van der Waals surface area contributed by atoms with E-state index >= 15 is 0 Å². The Morgan fingerprint density at radius 2 is 1.90 bits per heavy atom. The maximum atomic E-state index is 14.2. The average molecular weight is 706 g/mol. The molecule has 2 aliphatic heterocycles. The number of carbonyl (C=O) groups is 1. The number of rotatable bonds is 9. The van der Waals surface area contributed by atoms with E-state index in [-0.39, 0.29) is 11.8 Å². The zero-order valence-electron chi connectivity index (χ0n) is 29.1. The number of aryl methyl sites for hydroxylation is 2. The van der Waals surface area contributed by atoms with Gasteiger partial charge >= 0.3 is 6.01 Å². The van der Waals surface area contributed by atoms with Crippen LogP contribution in [0.2, 0.25) is 0 Å². The second-order valence-corrected chi connectivity index (χ2v) is 13.2. The first-order valence-corrected chi connectivity index (χ1v) is 17.3. The lowest BCUT2D eigenvalue weighted by molar-refractivity contribution is 0.0709. The maximum Gasteiger partial charge on any atom is 0.318 e. The van der Waals surface area contributed by atoms with Crippen LogP contribution in [0.4, 0.5) is 20.3 Å². The first kappa shape index (κ1) is 33.2. The number of piperidine rings is 1. The van der Waals surface area contributed by atoms with E-state index in [1.165, 1.54) is 13.2 Å². The van der Waals surface area contributed by atoms with Gasteiger partial charge < -0.3 is 19.5 Å². The number of hydrogen-bond acceptors (Lipinski definition) is 9. The number of aromatic amines is 1. The van der Waals surface area contributed by atoms with Crippen LogP contribution in [0, 0.1) is 18.6 Å². The van der Waals surface area contributed by atoms with Crippen LogP contribution in [-0.2, 0) is 19.5 Å². The number of benzene rings is 2. The summed E-state index contributed by atoms with van der Waals surface area (Å²) in [7, 11) is 3.46. The predicted molar refractivity (Wildman–Crippen MR) is 188 cm³/mol. The Labute approximate surface area is 298 Å². The quantitative estimate of drug-likeness (QED) is 0.201. The first-order chi connectivity index (χ1) is 25.2. The summed E-state index contributed by atoms with van der Waals surface area (Å²) in [6, 6.07) is 12.0. The van der Waals surface area contributed by atoms with Crippen molar-refractivity contribution >= 4 is 17.4 Å². The van der Waals surface area contributed by atoms with E-state index in [0.29, 0.717) is 59.7 Å². The van der Waals surface area contributed by atoms with E-state index in [1.807, 2.05) is 58.9 Å². The van der Waals surface area contributed by atoms with Gasteiger partial charge in [0.05, 0.1) is 48.7 Å². The van der Waals surface area contributed by atoms with Gasteiger partial charge in [-0.25, -0.2) is 23.4 Å². The number of carbonyl (C=O) groups excluding carboxylic acids is 1. The molecule has 1 N–H and O–H groups in total. The fraction of sp³-hybridized carbons (Fsp3) is 0.324. The molecule has 4 aromatic heterocycles. The van der Waals surface area contributed by atoms with Crippen LogP contribution in [0.3, 0.4) is 0 Å². The van der Waals surface area contributed by atoms with Gasteiger partial charge in [0.25, 0.3) is 5.91 Å². The molecular formula is C37H37F2N11O2. The number of amides is 1. The van der Waals surface area contributed by atoms with Crippen LogP contribution in [-0.4, -0.2) is 82.8 Å². The summed E-state index contributed by atoms with van der Waals surface area (Å²) in [6.45, 7) is 4.24. The normalized spacial score (nSPS) is 14.5. The largest absolute Gasteiger partial charge is 0.467 e. The standard InChI is InChI=1S/C37H37F2N11O2/c1-22-6-8-25(47(2)33-10-13-40-37(43-33)52-3)18-26(22)30-20-49(46-44-30)21-31-34(32-5-4-14-50(32)45-31)36(51)48-15-11-23(12-16-48)35-41-19-29(42-35)24-7-9-27(38)28(39)17-24/h6-10,13,17-20,23H,4-5,11-12,14-16,21H2,1-3H3,(H,41,42). The maximum absolute atomic E-state index is 14.2. The van der Waals surface area contributed by atoms with Crippen LogP contribution >= 0.6 is 0 Å². The van der Waals surface area contributed by atoms with Crippen molar-refractivity contribution in [3.63, 3.8) is 0 Å². The van der Waals surface area contributed by atoms with Gasteiger partial charge in [0, 0.05) is 55.6 Å². The summed E-state index contributed by atoms with van der Waals surface area (Å²) >= 11 is 0. The highest BCUT2D eigenvalue weighted by Gasteiger charge is 2.33. The highest BCUT2D eigenvalue weighted by molar-refractivity contribution is 5.96. The van der Waals surface area contributed by atoms with Crippen molar-refractivity contribution in [2.24, 2.45) is 0 Å². The fourth-order valence-electron chi connectivity index (χ4n) is 7.11. The first-order valence-electron chi connectivity index (χ1n) is 17.3. The molecule has 0 atom stereocenters. The van der Waals surface area contributed by atoms with Gasteiger partial charge in [-0.3, -0.25) is 9.48 Å². The summed E-state index contributed by atoms with van der Waals surface area (Å²) < 4.78 is 36.2. The highest BCUT2D eigenvalue weighted by Crippen LogP contribution is 2.33. The van der Waals surface area contributed by atoms with Crippen molar-refractivity contribution in [1.82, 2.24) is 49.6 Å². The van der Waals surface area contributed by atoms with Crippen LogP contribution in [0.15, 0.2) is 61.1 Å². The zero-order valence-corrected chi connectivity index (χ0v) is 29.1. The molecule has 0 saturated carbocycles. The van der Waals surface area contributed by atoms with Crippen LogP contribution in [0.25, 0.3) is 22.5 Å². The topological polar surface area (TPSA) is 136 Å². The minimum absolute atomic E-state index is 0.0215.